The summed E-state index contributed by atoms with van der Waals surface area (Å²) in [7, 11) is -3.48. The molecule has 1 heterocycles. The number of nitrogens with one attached hydrogen (secondary N) is 1. The number of rotatable bonds is 6. The molecule has 0 aliphatic rings. The first-order chi connectivity index (χ1) is 10.8. The van der Waals surface area contributed by atoms with Crippen LogP contribution in [-0.4, -0.2) is 33.7 Å². The highest BCUT2D eigenvalue weighted by Gasteiger charge is 2.19. The number of hydrogen-bond donors (Lipinski definition) is 1. The Kier molecular flexibility index (Phi) is 5.67. The summed E-state index contributed by atoms with van der Waals surface area (Å²) in [6.45, 7) is 2.15. The quantitative estimate of drug-likeness (QED) is 0.847. The molecule has 0 radical (unpaired) electrons. The molecule has 5 nitrogen and oxygen atoms in total. The molecule has 0 saturated heterocycles. The third-order valence-corrected chi connectivity index (χ3v) is 5.47. The molecule has 2 rings (SSSR count). The SMILES string of the molecule is Cc1ccc(Cl)cc1N(CCNC(=O)c1cccs1)S(C)(=O)=O. The molecule has 0 bridgehead atoms. The molecular weight excluding hydrogens is 356 g/mol. The third-order valence-electron chi connectivity index (χ3n) is 3.19. The highest BCUT2D eigenvalue weighted by Crippen LogP contribution is 2.25. The fraction of sp³-hybridized carbons (Fsp3) is 0.267. The van der Waals surface area contributed by atoms with Crippen molar-refractivity contribution in [3.8, 4) is 0 Å². The van der Waals surface area contributed by atoms with Crippen LogP contribution in [0.4, 0.5) is 5.69 Å². The average Bonchev–Trinajstić information content (AvgIpc) is 2.99. The maximum absolute atomic E-state index is 12.1. The molecule has 1 amide bonds. The van der Waals surface area contributed by atoms with Crippen LogP contribution in [0, 0.1) is 6.92 Å². The number of amides is 1. The average molecular weight is 373 g/mol. The lowest BCUT2D eigenvalue weighted by Crippen LogP contribution is -2.38. The molecule has 8 heteroatoms. The van der Waals surface area contributed by atoms with Crippen molar-refractivity contribution in [2.75, 3.05) is 23.7 Å². The Labute approximate surface area is 144 Å². The lowest BCUT2D eigenvalue weighted by Gasteiger charge is -2.24. The summed E-state index contributed by atoms with van der Waals surface area (Å²) in [4.78, 5) is 12.5. The molecule has 0 saturated carbocycles. The number of hydrogen-bond acceptors (Lipinski definition) is 4. The molecule has 0 atom stereocenters. The minimum atomic E-state index is -3.48. The first kappa shape index (κ1) is 17.8. The fourth-order valence-electron chi connectivity index (χ4n) is 2.08. The van der Waals surface area contributed by atoms with E-state index in [0.717, 1.165) is 11.8 Å². The second kappa shape index (κ2) is 7.33. The van der Waals surface area contributed by atoms with E-state index < -0.39 is 10.0 Å². The van der Waals surface area contributed by atoms with Gasteiger partial charge in [-0.1, -0.05) is 23.7 Å². The zero-order valence-electron chi connectivity index (χ0n) is 12.7. The maximum Gasteiger partial charge on any atom is 0.261 e. The number of sulfonamides is 1. The molecule has 2 aromatic rings. The summed E-state index contributed by atoms with van der Waals surface area (Å²) >= 11 is 7.31. The van der Waals surface area contributed by atoms with Crippen molar-refractivity contribution >= 4 is 44.6 Å². The summed E-state index contributed by atoms with van der Waals surface area (Å²) in [6, 6.07) is 8.59. The van der Waals surface area contributed by atoms with Gasteiger partial charge in [-0.15, -0.1) is 11.3 Å². The van der Waals surface area contributed by atoms with Crippen LogP contribution in [0.2, 0.25) is 5.02 Å². The van der Waals surface area contributed by atoms with E-state index in [1.54, 1.807) is 30.3 Å². The molecule has 124 valence electrons. The van der Waals surface area contributed by atoms with Crippen molar-refractivity contribution in [1.29, 1.82) is 0 Å². The van der Waals surface area contributed by atoms with Gasteiger partial charge in [0, 0.05) is 11.6 Å². The lowest BCUT2D eigenvalue weighted by atomic mass is 10.2. The van der Waals surface area contributed by atoms with Crippen LogP contribution in [0.3, 0.4) is 0 Å². The third kappa shape index (κ3) is 4.70. The van der Waals surface area contributed by atoms with Crippen molar-refractivity contribution in [1.82, 2.24) is 5.32 Å². The summed E-state index contributed by atoms with van der Waals surface area (Å²) in [5, 5.41) is 5.00. The van der Waals surface area contributed by atoms with Gasteiger partial charge in [-0.2, -0.15) is 0 Å². The summed E-state index contributed by atoms with van der Waals surface area (Å²) in [5.74, 6) is -0.212. The van der Waals surface area contributed by atoms with Crippen LogP contribution in [0.1, 0.15) is 15.2 Å². The van der Waals surface area contributed by atoms with Gasteiger partial charge in [0.05, 0.1) is 23.4 Å². The minimum absolute atomic E-state index is 0.136. The Morgan fingerprint density at radius 2 is 2.09 bits per heavy atom. The number of carbonyl (C=O) groups is 1. The highest BCUT2D eigenvalue weighted by atomic mass is 35.5. The first-order valence-electron chi connectivity index (χ1n) is 6.84. The standard InChI is InChI=1S/C15H17ClN2O3S2/c1-11-5-6-12(16)10-13(11)18(23(2,20)21)8-7-17-15(19)14-4-3-9-22-14/h3-6,9-10H,7-8H2,1-2H3,(H,17,19). The highest BCUT2D eigenvalue weighted by molar-refractivity contribution is 7.92. The van der Waals surface area contributed by atoms with E-state index in [0.29, 0.717) is 15.6 Å². The van der Waals surface area contributed by atoms with Gasteiger partial charge in [0.15, 0.2) is 0 Å². The van der Waals surface area contributed by atoms with Gasteiger partial charge in [-0.05, 0) is 36.1 Å². The number of thiophene rings is 1. The van der Waals surface area contributed by atoms with Gasteiger partial charge in [-0.3, -0.25) is 9.10 Å². The van der Waals surface area contributed by atoms with Gasteiger partial charge in [0.1, 0.15) is 0 Å². The number of anilines is 1. The van der Waals surface area contributed by atoms with Crippen molar-refractivity contribution in [3.63, 3.8) is 0 Å². The van der Waals surface area contributed by atoms with Crippen molar-refractivity contribution in [3.05, 3.63) is 51.2 Å². The Balaban J connectivity index is 2.11. The summed E-state index contributed by atoms with van der Waals surface area (Å²) < 4.78 is 25.4. The van der Waals surface area contributed by atoms with E-state index in [4.69, 9.17) is 11.6 Å². The van der Waals surface area contributed by atoms with Crippen LogP contribution in [0.25, 0.3) is 0 Å². The second-order valence-corrected chi connectivity index (χ2v) is 8.29. The van der Waals surface area contributed by atoms with Gasteiger partial charge in [0.25, 0.3) is 5.91 Å². The van der Waals surface area contributed by atoms with E-state index in [-0.39, 0.29) is 19.0 Å². The minimum Gasteiger partial charge on any atom is -0.350 e. The number of halogens is 1. The van der Waals surface area contributed by atoms with Gasteiger partial charge in [-0.25, -0.2) is 8.42 Å². The fourth-order valence-corrected chi connectivity index (χ4v) is 3.87. The molecule has 0 fully saturated rings. The Morgan fingerprint density at radius 3 is 2.70 bits per heavy atom. The van der Waals surface area contributed by atoms with Crippen LogP contribution in [0.5, 0.6) is 0 Å². The van der Waals surface area contributed by atoms with E-state index in [1.165, 1.54) is 15.6 Å². The molecule has 1 aromatic heterocycles. The van der Waals surface area contributed by atoms with Crippen molar-refractivity contribution in [2.24, 2.45) is 0 Å². The van der Waals surface area contributed by atoms with Gasteiger partial charge >= 0.3 is 0 Å². The molecule has 0 spiro atoms. The molecule has 23 heavy (non-hydrogen) atoms. The molecule has 1 N–H and O–H groups in total. The van der Waals surface area contributed by atoms with Crippen LogP contribution < -0.4 is 9.62 Å². The number of benzene rings is 1. The predicted molar refractivity (Wildman–Crippen MR) is 95.0 cm³/mol. The van der Waals surface area contributed by atoms with Gasteiger partial charge < -0.3 is 5.32 Å². The largest absolute Gasteiger partial charge is 0.350 e. The molecular formula is C15H17ClN2O3S2. The van der Waals surface area contributed by atoms with Crippen molar-refractivity contribution in [2.45, 2.75) is 6.92 Å². The molecule has 0 aliphatic heterocycles. The summed E-state index contributed by atoms with van der Waals surface area (Å²) in [5.41, 5.74) is 1.31. The maximum atomic E-state index is 12.1. The second-order valence-electron chi connectivity index (χ2n) is 5.00. The van der Waals surface area contributed by atoms with Crippen LogP contribution >= 0.6 is 22.9 Å². The lowest BCUT2D eigenvalue weighted by molar-refractivity contribution is 0.0959. The van der Waals surface area contributed by atoms with Crippen LogP contribution in [0.15, 0.2) is 35.7 Å². The number of aryl methyl sites for hydroxylation is 1. The molecule has 0 unspecified atom stereocenters. The van der Waals surface area contributed by atoms with Crippen molar-refractivity contribution < 1.29 is 13.2 Å². The smallest absolute Gasteiger partial charge is 0.261 e. The normalized spacial score (nSPS) is 11.3. The predicted octanol–water partition coefficient (Wildman–Crippen LogP) is 2.91. The first-order valence-corrected chi connectivity index (χ1v) is 9.95. The summed E-state index contributed by atoms with van der Waals surface area (Å²) in [6.07, 6.45) is 1.13. The van der Waals surface area contributed by atoms with Crippen LogP contribution in [-0.2, 0) is 10.0 Å². The zero-order valence-corrected chi connectivity index (χ0v) is 15.1. The monoisotopic (exact) mass is 372 g/mol. The Hall–Kier alpha value is -1.57. The topological polar surface area (TPSA) is 66.5 Å². The van der Waals surface area contributed by atoms with E-state index in [2.05, 4.69) is 5.32 Å². The van der Waals surface area contributed by atoms with E-state index >= 15 is 0 Å². The zero-order chi connectivity index (χ0) is 17.0. The molecule has 0 aliphatic carbocycles. The Morgan fingerprint density at radius 1 is 1.35 bits per heavy atom. The van der Waals surface area contributed by atoms with Gasteiger partial charge in [0.2, 0.25) is 10.0 Å². The number of nitrogens with zero attached hydrogens (tertiary/aromatic N) is 1. The van der Waals surface area contributed by atoms with E-state index in [1.807, 2.05) is 12.3 Å². The number of carbonyl (C=O) groups excluding carboxylic acids is 1. The van der Waals surface area contributed by atoms with E-state index in [9.17, 15) is 13.2 Å². The Bertz CT molecular complexity index is 789. The molecule has 1 aromatic carbocycles.